The van der Waals surface area contributed by atoms with Gasteiger partial charge in [0, 0.05) is 13.1 Å². The van der Waals surface area contributed by atoms with Crippen LogP contribution in [-0.4, -0.2) is 37.1 Å². The molecule has 0 aromatic carbocycles. The van der Waals surface area contributed by atoms with Gasteiger partial charge in [0.15, 0.2) is 0 Å². The molecule has 1 fully saturated rings. The molecule has 0 spiro atoms. The highest BCUT2D eigenvalue weighted by Gasteiger charge is 2.13. The zero-order valence-electron chi connectivity index (χ0n) is 5.54. The maximum absolute atomic E-state index is 10.2. The summed E-state index contributed by atoms with van der Waals surface area (Å²) in [7, 11) is 0. The summed E-state index contributed by atoms with van der Waals surface area (Å²) < 4.78 is 5.21. The summed E-state index contributed by atoms with van der Waals surface area (Å²) in [6.07, 6.45) is 1.09. The minimum absolute atomic E-state index is 0.212. The number of carbonyl (C=O) groups is 1. The smallest absolute Gasteiger partial charge is 0.209 e. The van der Waals surface area contributed by atoms with E-state index in [0.717, 1.165) is 19.5 Å². The summed E-state index contributed by atoms with van der Waals surface area (Å²) in [6.45, 7) is 4.13. The fraction of sp³-hybridized carbons (Fsp3) is 0.833. The first-order valence-electron chi connectivity index (χ1n) is 3.14. The molecule has 0 aromatic heterocycles. The molecule has 1 heterocycles. The Morgan fingerprint density at radius 1 is 1.78 bits per heavy atom. The maximum Gasteiger partial charge on any atom is 0.209 e. The molecule has 0 saturated carbocycles. The van der Waals surface area contributed by atoms with E-state index in [0.29, 0.717) is 6.61 Å². The molecule has 1 aliphatic rings. The summed E-state index contributed by atoms with van der Waals surface area (Å²) in [4.78, 5) is 11.9. The molecule has 1 rings (SSSR count). The largest absolute Gasteiger partial charge is 0.375 e. The van der Waals surface area contributed by atoms with Crippen LogP contribution in [-0.2, 0) is 9.53 Å². The lowest BCUT2D eigenvalue weighted by Crippen LogP contribution is -2.39. The van der Waals surface area contributed by atoms with Crippen LogP contribution in [0.3, 0.4) is 0 Å². The lowest BCUT2D eigenvalue weighted by molar-refractivity contribution is -0.124. The molecule has 9 heavy (non-hydrogen) atoms. The van der Waals surface area contributed by atoms with Crippen molar-refractivity contribution in [1.82, 2.24) is 4.90 Å². The second-order valence-corrected chi connectivity index (χ2v) is 2.28. The van der Waals surface area contributed by atoms with E-state index in [2.05, 4.69) is 0 Å². The van der Waals surface area contributed by atoms with Crippen molar-refractivity contribution in [1.29, 1.82) is 0 Å². The van der Waals surface area contributed by atoms with Gasteiger partial charge in [-0.15, -0.1) is 0 Å². The third kappa shape index (κ3) is 1.68. The Labute approximate surface area is 54.6 Å². The minimum atomic E-state index is 0.212. The number of ether oxygens (including phenoxy) is 1. The Hall–Kier alpha value is -0.570. The first kappa shape index (κ1) is 6.55. The molecule has 0 bridgehead atoms. The number of amides is 1. The number of rotatable bonds is 1. The molecule has 3 heteroatoms. The third-order valence-corrected chi connectivity index (χ3v) is 1.42. The molecule has 0 N–H and O–H groups in total. The van der Waals surface area contributed by atoms with E-state index in [1.165, 1.54) is 0 Å². The number of morpholine rings is 1. The topological polar surface area (TPSA) is 29.5 Å². The second kappa shape index (κ2) is 2.82. The quantitative estimate of drug-likeness (QED) is 0.461. The summed E-state index contributed by atoms with van der Waals surface area (Å²) >= 11 is 0. The van der Waals surface area contributed by atoms with Crippen molar-refractivity contribution in [2.24, 2.45) is 0 Å². The van der Waals surface area contributed by atoms with Crippen LogP contribution in [0.1, 0.15) is 6.92 Å². The van der Waals surface area contributed by atoms with E-state index in [1.54, 1.807) is 4.90 Å². The highest BCUT2D eigenvalue weighted by Crippen LogP contribution is 2.00. The molecule has 3 nitrogen and oxygen atoms in total. The first-order valence-corrected chi connectivity index (χ1v) is 3.14. The minimum Gasteiger partial charge on any atom is -0.375 e. The Bertz CT molecular complexity index is 105. The predicted molar refractivity (Wildman–Crippen MR) is 33.1 cm³/mol. The van der Waals surface area contributed by atoms with Gasteiger partial charge in [0.1, 0.15) is 0 Å². The van der Waals surface area contributed by atoms with Crippen molar-refractivity contribution >= 4 is 6.41 Å². The molecule has 0 aliphatic carbocycles. The molecular formula is C6H11NO2. The Kier molecular flexibility index (Phi) is 2.05. The highest BCUT2D eigenvalue weighted by molar-refractivity contribution is 5.47. The number of nitrogens with zero attached hydrogens (tertiary/aromatic N) is 1. The van der Waals surface area contributed by atoms with Gasteiger partial charge in [-0.3, -0.25) is 4.79 Å². The first-order chi connectivity index (χ1) is 4.33. The fourth-order valence-electron chi connectivity index (χ4n) is 0.941. The Morgan fingerprint density at radius 3 is 3.00 bits per heavy atom. The van der Waals surface area contributed by atoms with E-state index in [4.69, 9.17) is 4.74 Å². The van der Waals surface area contributed by atoms with Crippen LogP contribution in [0, 0.1) is 0 Å². The highest BCUT2D eigenvalue weighted by atomic mass is 16.5. The predicted octanol–water partition coefficient (Wildman–Crippen LogP) is -0.137. The fourth-order valence-corrected chi connectivity index (χ4v) is 0.941. The number of hydrogen-bond acceptors (Lipinski definition) is 2. The molecule has 0 aromatic rings. The van der Waals surface area contributed by atoms with Crippen molar-refractivity contribution in [3.8, 4) is 0 Å². The van der Waals surface area contributed by atoms with Gasteiger partial charge in [-0.25, -0.2) is 0 Å². The zero-order valence-corrected chi connectivity index (χ0v) is 5.54. The van der Waals surface area contributed by atoms with E-state index in [-0.39, 0.29) is 6.10 Å². The Balaban J connectivity index is 2.31. The van der Waals surface area contributed by atoms with Crippen LogP contribution in [0.2, 0.25) is 0 Å². The lowest BCUT2D eigenvalue weighted by atomic mass is 10.3. The molecular weight excluding hydrogens is 118 g/mol. The molecule has 0 unspecified atom stereocenters. The van der Waals surface area contributed by atoms with Gasteiger partial charge in [0.05, 0.1) is 12.7 Å². The van der Waals surface area contributed by atoms with E-state index < -0.39 is 0 Å². The van der Waals surface area contributed by atoms with Gasteiger partial charge in [-0.2, -0.15) is 0 Å². The second-order valence-electron chi connectivity index (χ2n) is 2.28. The van der Waals surface area contributed by atoms with Crippen LogP contribution in [0.25, 0.3) is 0 Å². The molecule has 1 amide bonds. The monoisotopic (exact) mass is 129 g/mol. The average Bonchev–Trinajstić information content (AvgIpc) is 1.88. The summed E-state index contributed by atoms with van der Waals surface area (Å²) in [5.74, 6) is 0. The average molecular weight is 129 g/mol. The summed E-state index contributed by atoms with van der Waals surface area (Å²) in [5.41, 5.74) is 0. The van der Waals surface area contributed by atoms with Crippen LogP contribution >= 0.6 is 0 Å². The van der Waals surface area contributed by atoms with Crippen molar-refractivity contribution in [3.63, 3.8) is 0 Å². The van der Waals surface area contributed by atoms with Gasteiger partial charge in [0.25, 0.3) is 0 Å². The molecule has 1 saturated heterocycles. The van der Waals surface area contributed by atoms with Crippen LogP contribution in [0.15, 0.2) is 0 Å². The number of carbonyl (C=O) groups excluding carboxylic acids is 1. The van der Waals surface area contributed by atoms with Gasteiger partial charge in [-0.1, -0.05) is 0 Å². The maximum atomic E-state index is 10.2. The van der Waals surface area contributed by atoms with Gasteiger partial charge < -0.3 is 9.64 Å². The molecule has 1 aliphatic heterocycles. The van der Waals surface area contributed by atoms with E-state index in [9.17, 15) is 4.79 Å². The van der Waals surface area contributed by atoms with Gasteiger partial charge in [-0.05, 0) is 6.92 Å². The summed E-state index contributed by atoms with van der Waals surface area (Å²) in [6, 6.07) is 0. The third-order valence-electron chi connectivity index (χ3n) is 1.42. The van der Waals surface area contributed by atoms with Crippen LogP contribution in [0.5, 0.6) is 0 Å². The molecule has 0 radical (unpaired) electrons. The molecule has 52 valence electrons. The normalized spacial score (nSPS) is 28.1. The van der Waals surface area contributed by atoms with Crippen molar-refractivity contribution < 1.29 is 9.53 Å². The summed E-state index contributed by atoms with van der Waals surface area (Å²) in [5, 5.41) is 0. The van der Waals surface area contributed by atoms with Crippen molar-refractivity contribution in [2.45, 2.75) is 13.0 Å². The van der Waals surface area contributed by atoms with E-state index >= 15 is 0 Å². The number of hydrogen-bond donors (Lipinski definition) is 0. The zero-order chi connectivity index (χ0) is 6.69. The van der Waals surface area contributed by atoms with Gasteiger partial charge in [0.2, 0.25) is 6.41 Å². The Morgan fingerprint density at radius 2 is 2.56 bits per heavy atom. The standard InChI is InChI=1S/C6H11NO2/c1-6-4-7(5-8)2-3-9-6/h5-6H,2-4H2,1H3/t6-/m1/s1. The van der Waals surface area contributed by atoms with Gasteiger partial charge >= 0.3 is 0 Å². The van der Waals surface area contributed by atoms with E-state index in [1.807, 2.05) is 6.92 Å². The van der Waals surface area contributed by atoms with Crippen molar-refractivity contribution in [2.75, 3.05) is 19.7 Å². The van der Waals surface area contributed by atoms with Crippen molar-refractivity contribution in [3.05, 3.63) is 0 Å². The lowest BCUT2D eigenvalue weighted by Gasteiger charge is -2.27. The molecule has 1 atom stereocenters. The van der Waals surface area contributed by atoms with Crippen LogP contribution in [0.4, 0.5) is 0 Å². The van der Waals surface area contributed by atoms with Crippen LogP contribution < -0.4 is 0 Å². The SMILES string of the molecule is C[C@@H]1CN(C=O)CCO1.